The van der Waals surface area contributed by atoms with Gasteiger partial charge in [-0.15, -0.1) is 0 Å². The number of hydrogen-bond donors (Lipinski definition) is 6. The van der Waals surface area contributed by atoms with E-state index in [1.807, 2.05) is 18.2 Å². The molecule has 0 spiro atoms. The van der Waals surface area contributed by atoms with Crippen molar-refractivity contribution in [3.8, 4) is 0 Å². The lowest BCUT2D eigenvalue weighted by Gasteiger charge is -2.40. The van der Waals surface area contributed by atoms with Gasteiger partial charge in [-0.3, -0.25) is 4.79 Å². The van der Waals surface area contributed by atoms with Crippen molar-refractivity contribution >= 4 is 5.91 Å². The van der Waals surface area contributed by atoms with E-state index < -0.39 is 49.5 Å². The summed E-state index contributed by atoms with van der Waals surface area (Å²) in [6, 6.07) is -0.878. The summed E-state index contributed by atoms with van der Waals surface area (Å²) < 4.78 is 11.1. The first-order valence-electron chi connectivity index (χ1n) is 18.8. The predicted molar refractivity (Wildman–Crippen MR) is 202 cm³/mol. The molecule has 1 heterocycles. The molecule has 1 aliphatic rings. The van der Waals surface area contributed by atoms with Crippen LogP contribution in [0.25, 0.3) is 0 Å². The van der Waals surface area contributed by atoms with Crippen LogP contribution in [-0.4, -0.2) is 87.5 Å². The van der Waals surface area contributed by atoms with E-state index in [2.05, 4.69) is 73.8 Å². The maximum absolute atomic E-state index is 12.8. The third-order valence-corrected chi connectivity index (χ3v) is 8.23. The molecular weight excluding hydrogens is 634 g/mol. The number of hydrogen-bond acceptors (Lipinski definition) is 8. The van der Waals surface area contributed by atoms with Gasteiger partial charge in [0, 0.05) is 6.42 Å². The van der Waals surface area contributed by atoms with E-state index >= 15 is 0 Å². The van der Waals surface area contributed by atoms with Crippen molar-refractivity contribution in [1.82, 2.24) is 5.32 Å². The van der Waals surface area contributed by atoms with Gasteiger partial charge in [0.05, 0.1) is 25.4 Å². The summed E-state index contributed by atoms with van der Waals surface area (Å²) in [6.45, 7) is 3.51. The van der Waals surface area contributed by atoms with E-state index in [9.17, 15) is 30.3 Å². The number of aliphatic hydroxyl groups is 5. The molecule has 1 amide bonds. The summed E-state index contributed by atoms with van der Waals surface area (Å²) >= 11 is 0. The van der Waals surface area contributed by atoms with Gasteiger partial charge < -0.3 is 40.3 Å². The normalized spacial score (nSPS) is 23.2. The molecule has 0 aromatic rings. The van der Waals surface area contributed by atoms with Gasteiger partial charge in [-0.05, 0) is 57.8 Å². The summed E-state index contributed by atoms with van der Waals surface area (Å²) in [5, 5.41) is 53.7. The second-order valence-electron chi connectivity index (χ2n) is 12.6. The van der Waals surface area contributed by atoms with E-state index in [1.165, 1.54) is 38.5 Å². The summed E-state index contributed by atoms with van der Waals surface area (Å²) in [4.78, 5) is 12.8. The number of nitrogens with one attached hydrogen (secondary N) is 1. The second-order valence-corrected chi connectivity index (χ2v) is 12.6. The first-order valence-corrected chi connectivity index (χ1v) is 18.8. The Morgan fingerprint density at radius 2 is 1.26 bits per heavy atom. The summed E-state index contributed by atoms with van der Waals surface area (Å²) in [5.41, 5.74) is 0. The smallest absolute Gasteiger partial charge is 0.224 e. The minimum absolute atomic E-state index is 0.101. The van der Waals surface area contributed by atoms with Crippen LogP contribution in [0.3, 0.4) is 0 Å². The topological polar surface area (TPSA) is 149 Å². The van der Waals surface area contributed by atoms with Crippen molar-refractivity contribution in [3.05, 3.63) is 85.1 Å². The maximum atomic E-state index is 12.8. The van der Waals surface area contributed by atoms with E-state index in [1.54, 1.807) is 12.2 Å². The van der Waals surface area contributed by atoms with Crippen LogP contribution < -0.4 is 5.32 Å². The van der Waals surface area contributed by atoms with Crippen LogP contribution in [-0.2, 0) is 14.3 Å². The van der Waals surface area contributed by atoms with E-state index in [0.29, 0.717) is 6.42 Å². The van der Waals surface area contributed by atoms with Crippen LogP contribution in [0.1, 0.15) is 110 Å². The van der Waals surface area contributed by atoms with Crippen molar-refractivity contribution in [1.29, 1.82) is 0 Å². The van der Waals surface area contributed by atoms with Gasteiger partial charge in [0.2, 0.25) is 5.91 Å². The highest BCUT2D eigenvalue weighted by molar-refractivity contribution is 5.77. The molecule has 0 aromatic carbocycles. The number of aliphatic hydroxyl groups excluding tert-OH is 5. The zero-order chi connectivity index (χ0) is 36.7. The first-order chi connectivity index (χ1) is 24.3. The monoisotopic (exact) mass is 701 g/mol. The van der Waals surface area contributed by atoms with Crippen LogP contribution in [0.2, 0.25) is 0 Å². The quantitative estimate of drug-likeness (QED) is 0.0404. The van der Waals surface area contributed by atoms with Crippen LogP contribution >= 0.6 is 0 Å². The Morgan fingerprint density at radius 1 is 0.700 bits per heavy atom. The molecule has 1 rings (SSSR count). The fourth-order valence-electron chi connectivity index (χ4n) is 5.18. The Morgan fingerprint density at radius 3 is 1.88 bits per heavy atom. The van der Waals surface area contributed by atoms with E-state index in [4.69, 9.17) is 9.47 Å². The number of ether oxygens (including phenoxy) is 2. The van der Waals surface area contributed by atoms with Gasteiger partial charge in [0.25, 0.3) is 0 Å². The molecule has 0 saturated carbocycles. The van der Waals surface area contributed by atoms with Crippen molar-refractivity contribution in [2.45, 2.75) is 153 Å². The molecule has 1 aliphatic heterocycles. The number of allylic oxidation sites excluding steroid dienone is 12. The number of rotatable bonds is 28. The Kier molecular flexibility index (Phi) is 28.3. The molecule has 0 radical (unpaired) electrons. The standard InChI is InChI=1S/C41H67NO8/c1-3-5-7-9-11-13-15-17-18-19-21-23-25-27-29-31-37(45)42-34(33-49-41-40(48)39(47)38(46)36(32-43)50-41)35(44)30-28-26-24-22-20-16-14-12-10-8-6-4-2/h5,7,11,13,17-18,20-23,27-30,34-36,38-41,43-44,46-48H,3-4,6,8-10,12,14-16,19,24-26,31-33H2,1-2H3,(H,42,45)/b7-5-,13-11-,18-17-,22-20+,23-21-,29-27-,30-28+. The minimum atomic E-state index is -1.59. The Bertz CT molecular complexity index is 1050. The van der Waals surface area contributed by atoms with Crippen molar-refractivity contribution in [3.63, 3.8) is 0 Å². The van der Waals surface area contributed by atoms with E-state index in [0.717, 1.165) is 44.9 Å². The highest BCUT2D eigenvalue weighted by Gasteiger charge is 2.44. The largest absolute Gasteiger partial charge is 0.394 e. The molecule has 284 valence electrons. The SMILES string of the molecule is CC/C=C\C/C=C\C/C=C\C/C=C\C/C=C\CC(=O)NC(COC1OC(CO)C(O)C(O)C1O)C(O)/C=C/CC/C=C/CCCCCCCC. The lowest BCUT2D eigenvalue weighted by molar-refractivity contribution is -0.302. The zero-order valence-corrected chi connectivity index (χ0v) is 30.6. The molecule has 50 heavy (non-hydrogen) atoms. The Hall–Kier alpha value is -2.63. The number of carbonyl (C=O) groups is 1. The van der Waals surface area contributed by atoms with Crippen molar-refractivity contribution < 1.29 is 39.8 Å². The molecule has 9 heteroatoms. The molecule has 7 atom stereocenters. The van der Waals surface area contributed by atoms with Gasteiger partial charge in [-0.1, -0.05) is 131 Å². The third kappa shape index (κ3) is 22.2. The zero-order valence-electron chi connectivity index (χ0n) is 30.6. The van der Waals surface area contributed by atoms with Gasteiger partial charge in [-0.2, -0.15) is 0 Å². The lowest BCUT2D eigenvalue weighted by atomic mass is 9.99. The fourth-order valence-corrected chi connectivity index (χ4v) is 5.18. The van der Waals surface area contributed by atoms with Crippen molar-refractivity contribution in [2.24, 2.45) is 0 Å². The molecule has 0 bridgehead atoms. The highest BCUT2D eigenvalue weighted by atomic mass is 16.7. The average molecular weight is 702 g/mol. The lowest BCUT2D eigenvalue weighted by Crippen LogP contribution is -2.60. The highest BCUT2D eigenvalue weighted by Crippen LogP contribution is 2.22. The number of carbonyl (C=O) groups excluding carboxylic acids is 1. The molecule has 1 fully saturated rings. The van der Waals surface area contributed by atoms with Crippen LogP contribution in [0.4, 0.5) is 0 Å². The average Bonchev–Trinajstić information content (AvgIpc) is 3.11. The minimum Gasteiger partial charge on any atom is -0.394 e. The maximum Gasteiger partial charge on any atom is 0.224 e. The molecule has 9 nitrogen and oxygen atoms in total. The van der Waals surface area contributed by atoms with Gasteiger partial charge in [0.15, 0.2) is 6.29 Å². The summed E-state index contributed by atoms with van der Waals surface area (Å²) in [7, 11) is 0. The first kappa shape index (κ1) is 45.4. The molecule has 6 N–H and O–H groups in total. The van der Waals surface area contributed by atoms with Gasteiger partial charge in [0.1, 0.15) is 24.4 Å². The predicted octanol–water partition coefficient (Wildman–Crippen LogP) is 6.43. The third-order valence-electron chi connectivity index (χ3n) is 8.23. The molecule has 0 aliphatic carbocycles. The summed E-state index contributed by atoms with van der Waals surface area (Å²) in [6.07, 6.45) is 35.1. The molecule has 7 unspecified atom stereocenters. The van der Waals surface area contributed by atoms with Crippen molar-refractivity contribution in [2.75, 3.05) is 13.2 Å². The van der Waals surface area contributed by atoms with Gasteiger partial charge in [-0.25, -0.2) is 0 Å². The molecule has 1 saturated heterocycles. The number of amides is 1. The van der Waals surface area contributed by atoms with Crippen LogP contribution in [0.5, 0.6) is 0 Å². The molecule has 0 aromatic heterocycles. The van der Waals surface area contributed by atoms with E-state index in [-0.39, 0.29) is 18.9 Å². The second kappa shape index (κ2) is 31.1. The van der Waals surface area contributed by atoms with Gasteiger partial charge >= 0.3 is 0 Å². The Balaban J connectivity index is 2.58. The Labute approximate surface area is 301 Å². The van der Waals surface area contributed by atoms with Crippen LogP contribution in [0.15, 0.2) is 85.1 Å². The molecular formula is C41H67NO8. The fraction of sp³-hybridized carbons (Fsp3) is 0.634. The number of unbranched alkanes of at least 4 members (excludes halogenated alkanes) is 7. The van der Waals surface area contributed by atoms with Crippen LogP contribution in [0, 0.1) is 0 Å². The summed E-state index contributed by atoms with van der Waals surface area (Å²) in [5.74, 6) is -0.320.